The number of fused-ring (bicyclic) bond motifs is 1. The lowest BCUT2D eigenvalue weighted by atomic mass is 10.2. The van der Waals surface area contributed by atoms with Gasteiger partial charge in [-0.15, -0.1) is 0 Å². The van der Waals surface area contributed by atoms with Gasteiger partial charge in [0.1, 0.15) is 13.2 Å². The number of ether oxygens (including phenoxy) is 1. The van der Waals surface area contributed by atoms with Crippen molar-refractivity contribution in [2.45, 2.75) is 20.0 Å². The van der Waals surface area contributed by atoms with E-state index in [1.165, 1.54) is 4.90 Å². The van der Waals surface area contributed by atoms with Crippen molar-refractivity contribution in [2.24, 2.45) is 0 Å². The molecule has 2 amide bonds. The molecule has 0 radical (unpaired) electrons. The van der Waals surface area contributed by atoms with Crippen molar-refractivity contribution in [2.75, 3.05) is 23.4 Å². The van der Waals surface area contributed by atoms with Gasteiger partial charge in [0.2, 0.25) is 5.91 Å². The first kappa shape index (κ1) is 12.6. The van der Waals surface area contributed by atoms with Crippen molar-refractivity contribution in [3.8, 4) is 0 Å². The van der Waals surface area contributed by atoms with Crippen LogP contribution in [0.2, 0.25) is 0 Å². The van der Waals surface area contributed by atoms with E-state index in [0.717, 1.165) is 5.69 Å². The minimum absolute atomic E-state index is 0.0113. The lowest BCUT2D eigenvalue weighted by molar-refractivity contribution is -0.126. The van der Waals surface area contributed by atoms with Crippen LogP contribution in [0.5, 0.6) is 0 Å². The molecule has 0 saturated heterocycles. The Bertz CT molecular complexity index is 471. The van der Waals surface area contributed by atoms with E-state index in [1.807, 2.05) is 32.0 Å². The van der Waals surface area contributed by atoms with E-state index in [-0.39, 0.29) is 31.1 Å². The van der Waals surface area contributed by atoms with Gasteiger partial charge in [0, 0.05) is 0 Å². The first-order chi connectivity index (χ1) is 8.58. The van der Waals surface area contributed by atoms with Crippen molar-refractivity contribution < 1.29 is 14.3 Å². The number of carbonyl (C=O) groups excluding carboxylic acids is 2. The van der Waals surface area contributed by atoms with Gasteiger partial charge in [-0.2, -0.15) is 0 Å². The average Bonchev–Trinajstić information content (AvgIpc) is 2.34. The van der Waals surface area contributed by atoms with Crippen LogP contribution in [0.4, 0.5) is 11.4 Å². The molecule has 0 bridgehead atoms. The third-order valence-corrected chi connectivity index (χ3v) is 2.61. The second-order valence-corrected chi connectivity index (χ2v) is 4.40. The van der Waals surface area contributed by atoms with E-state index < -0.39 is 0 Å². The molecule has 1 aromatic carbocycles. The summed E-state index contributed by atoms with van der Waals surface area (Å²) in [5.41, 5.74) is 1.38. The van der Waals surface area contributed by atoms with Gasteiger partial charge in [-0.05, 0) is 26.0 Å². The number of benzene rings is 1. The highest BCUT2D eigenvalue weighted by Gasteiger charge is 2.26. The zero-order chi connectivity index (χ0) is 13.1. The van der Waals surface area contributed by atoms with Gasteiger partial charge in [0.25, 0.3) is 5.91 Å². The second-order valence-electron chi connectivity index (χ2n) is 4.40. The standard InChI is InChI=1S/C13H16N2O3/c1-9(2)18-8-13(17)15-7-12(16)14-10-5-3-4-6-11(10)15/h3-6,9H,7-8H2,1-2H3,(H,14,16). The van der Waals surface area contributed by atoms with Crippen molar-refractivity contribution in [3.05, 3.63) is 24.3 Å². The maximum absolute atomic E-state index is 12.0. The largest absolute Gasteiger partial charge is 0.369 e. The van der Waals surface area contributed by atoms with E-state index in [9.17, 15) is 9.59 Å². The van der Waals surface area contributed by atoms with E-state index in [2.05, 4.69) is 5.32 Å². The predicted molar refractivity (Wildman–Crippen MR) is 68.5 cm³/mol. The van der Waals surface area contributed by atoms with E-state index in [1.54, 1.807) is 6.07 Å². The molecule has 1 aliphatic rings. The molecule has 0 saturated carbocycles. The number of nitrogens with zero attached hydrogens (tertiary/aromatic N) is 1. The lowest BCUT2D eigenvalue weighted by Gasteiger charge is -2.29. The molecule has 1 aliphatic heterocycles. The summed E-state index contributed by atoms with van der Waals surface area (Å²) in [5.74, 6) is -0.391. The molecule has 0 aliphatic carbocycles. The normalized spacial score (nSPS) is 14.4. The fraction of sp³-hybridized carbons (Fsp3) is 0.385. The number of para-hydroxylation sites is 2. The molecule has 0 unspecified atom stereocenters. The third kappa shape index (κ3) is 2.68. The SMILES string of the molecule is CC(C)OCC(=O)N1CC(=O)Nc2ccccc21. The van der Waals surface area contributed by atoms with Crippen molar-refractivity contribution >= 4 is 23.2 Å². The minimum atomic E-state index is -0.203. The van der Waals surface area contributed by atoms with Crippen molar-refractivity contribution in [1.29, 1.82) is 0 Å². The summed E-state index contributed by atoms with van der Waals surface area (Å²) < 4.78 is 5.28. The average molecular weight is 248 g/mol. The number of hydrogen-bond donors (Lipinski definition) is 1. The Kier molecular flexibility index (Phi) is 3.62. The van der Waals surface area contributed by atoms with Crippen LogP contribution < -0.4 is 10.2 Å². The van der Waals surface area contributed by atoms with Gasteiger partial charge in [-0.3, -0.25) is 14.5 Å². The van der Waals surface area contributed by atoms with Crippen molar-refractivity contribution in [1.82, 2.24) is 0 Å². The lowest BCUT2D eigenvalue weighted by Crippen LogP contribution is -2.44. The number of nitrogens with one attached hydrogen (secondary N) is 1. The summed E-state index contributed by atoms with van der Waals surface area (Å²) in [6, 6.07) is 7.23. The molecule has 96 valence electrons. The third-order valence-electron chi connectivity index (χ3n) is 2.61. The van der Waals surface area contributed by atoms with Crippen LogP contribution in [0.3, 0.4) is 0 Å². The Balaban J connectivity index is 2.18. The molecule has 18 heavy (non-hydrogen) atoms. The quantitative estimate of drug-likeness (QED) is 0.879. The van der Waals surface area contributed by atoms with Crippen LogP contribution in [0.1, 0.15) is 13.8 Å². The smallest absolute Gasteiger partial charge is 0.253 e. The van der Waals surface area contributed by atoms with Crippen molar-refractivity contribution in [3.63, 3.8) is 0 Å². The maximum atomic E-state index is 12.0. The Hall–Kier alpha value is -1.88. The van der Waals surface area contributed by atoms with Gasteiger partial charge < -0.3 is 10.1 Å². The highest BCUT2D eigenvalue weighted by Crippen LogP contribution is 2.28. The summed E-state index contributed by atoms with van der Waals surface area (Å²) in [5, 5.41) is 2.74. The van der Waals surface area contributed by atoms with E-state index in [4.69, 9.17) is 4.74 Å². The highest BCUT2D eigenvalue weighted by molar-refractivity contribution is 6.10. The highest BCUT2D eigenvalue weighted by atomic mass is 16.5. The van der Waals surface area contributed by atoms with Gasteiger partial charge in [0.05, 0.1) is 17.5 Å². The molecule has 1 heterocycles. The molecule has 0 spiro atoms. The summed E-state index contributed by atoms with van der Waals surface area (Å²) in [6.07, 6.45) is -0.0113. The molecule has 0 atom stereocenters. The molecule has 1 aromatic rings. The number of anilines is 2. The molecule has 2 rings (SSSR count). The summed E-state index contributed by atoms with van der Waals surface area (Å²) in [4.78, 5) is 25.0. The topological polar surface area (TPSA) is 58.6 Å². The van der Waals surface area contributed by atoms with E-state index >= 15 is 0 Å². The predicted octanol–water partition coefficient (Wildman–Crippen LogP) is 1.40. The number of rotatable bonds is 3. The fourth-order valence-corrected chi connectivity index (χ4v) is 1.77. The van der Waals surface area contributed by atoms with Crippen LogP contribution in [-0.2, 0) is 14.3 Å². The fourth-order valence-electron chi connectivity index (χ4n) is 1.77. The van der Waals surface area contributed by atoms with Gasteiger partial charge >= 0.3 is 0 Å². The molecule has 0 aromatic heterocycles. The van der Waals surface area contributed by atoms with Gasteiger partial charge in [-0.1, -0.05) is 12.1 Å². The zero-order valence-corrected chi connectivity index (χ0v) is 10.5. The molecular weight excluding hydrogens is 232 g/mol. The zero-order valence-electron chi connectivity index (χ0n) is 10.5. The summed E-state index contributed by atoms with van der Waals surface area (Å²) >= 11 is 0. The first-order valence-corrected chi connectivity index (χ1v) is 5.89. The maximum Gasteiger partial charge on any atom is 0.253 e. The number of carbonyl (C=O) groups is 2. The monoisotopic (exact) mass is 248 g/mol. The Labute approximate surface area is 106 Å². The summed E-state index contributed by atoms with van der Waals surface area (Å²) in [7, 11) is 0. The first-order valence-electron chi connectivity index (χ1n) is 5.89. The van der Waals surface area contributed by atoms with Crippen LogP contribution in [0.15, 0.2) is 24.3 Å². The van der Waals surface area contributed by atoms with Gasteiger partial charge in [0.15, 0.2) is 0 Å². The molecular formula is C13H16N2O3. The van der Waals surface area contributed by atoms with Crippen LogP contribution in [0, 0.1) is 0 Å². The number of hydrogen-bond acceptors (Lipinski definition) is 3. The van der Waals surface area contributed by atoms with Crippen LogP contribution in [-0.4, -0.2) is 31.1 Å². The van der Waals surface area contributed by atoms with Crippen LogP contribution in [0.25, 0.3) is 0 Å². The number of amides is 2. The molecule has 5 nitrogen and oxygen atoms in total. The molecule has 0 fully saturated rings. The molecule has 5 heteroatoms. The molecule has 1 N–H and O–H groups in total. The Morgan fingerprint density at radius 3 is 2.89 bits per heavy atom. The second kappa shape index (κ2) is 5.18. The Morgan fingerprint density at radius 2 is 2.17 bits per heavy atom. The summed E-state index contributed by atoms with van der Waals surface area (Å²) in [6.45, 7) is 3.75. The van der Waals surface area contributed by atoms with E-state index in [0.29, 0.717) is 5.69 Å². The minimum Gasteiger partial charge on any atom is -0.369 e. The van der Waals surface area contributed by atoms with Crippen LogP contribution >= 0.6 is 0 Å². The van der Waals surface area contributed by atoms with Gasteiger partial charge in [-0.25, -0.2) is 0 Å². The Morgan fingerprint density at radius 1 is 1.44 bits per heavy atom.